The third-order valence-electron chi connectivity index (χ3n) is 7.19. The van der Waals surface area contributed by atoms with E-state index in [1.54, 1.807) is 7.11 Å². The second-order valence-corrected chi connectivity index (χ2v) is 9.03. The molecule has 1 saturated carbocycles. The Morgan fingerprint density at radius 2 is 2.03 bits per heavy atom. The molecule has 0 amide bonds. The van der Waals surface area contributed by atoms with Gasteiger partial charge in [0.05, 0.1) is 24.7 Å². The van der Waals surface area contributed by atoms with Crippen LogP contribution in [-0.4, -0.2) is 85.3 Å². The fourth-order valence-electron chi connectivity index (χ4n) is 5.46. The second kappa shape index (κ2) is 11.7. The van der Waals surface area contributed by atoms with E-state index in [1.165, 1.54) is 0 Å². The van der Waals surface area contributed by atoms with E-state index in [4.69, 9.17) is 9.47 Å². The molecule has 0 aromatic heterocycles. The Bertz CT molecular complexity index is 494. The van der Waals surface area contributed by atoms with Gasteiger partial charge in [0.15, 0.2) is 0 Å². The zero-order valence-corrected chi connectivity index (χ0v) is 17.9. The smallest absolute Gasteiger partial charge is 0.128 e. The maximum atomic E-state index is 11.4. The number of hydrogen-bond acceptors (Lipinski definition) is 7. The van der Waals surface area contributed by atoms with Crippen LogP contribution in [0.3, 0.4) is 0 Å². The molecule has 7 nitrogen and oxygen atoms in total. The van der Waals surface area contributed by atoms with Gasteiger partial charge in [0.25, 0.3) is 0 Å². The number of nitrogens with zero attached hydrogens (tertiary/aromatic N) is 1. The van der Waals surface area contributed by atoms with Crippen LogP contribution < -0.4 is 5.32 Å². The molecule has 0 bridgehead atoms. The number of aliphatic hydroxyl groups excluding tert-OH is 2. The molecule has 168 valence electrons. The molecule has 2 saturated heterocycles. The highest BCUT2D eigenvalue weighted by atomic mass is 16.5. The highest BCUT2D eigenvalue weighted by Gasteiger charge is 2.39. The molecule has 2 aliphatic heterocycles. The average molecular weight is 413 g/mol. The quantitative estimate of drug-likeness (QED) is 0.492. The Kier molecular flexibility index (Phi) is 9.34. The summed E-state index contributed by atoms with van der Waals surface area (Å²) in [5.41, 5.74) is 0. The lowest BCUT2D eigenvalue weighted by Gasteiger charge is -2.45. The van der Waals surface area contributed by atoms with E-state index in [2.05, 4.69) is 10.2 Å². The number of aliphatic hydroxyl groups is 2. The average Bonchev–Trinajstić information content (AvgIpc) is 2.76. The van der Waals surface area contributed by atoms with Gasteiger partial charge in [-0.05, 0) is 57.9 Å². The van der Waals surface area contributed by atoms with Crippen LogP contribution in [0.15, 0.2) is 0 Å². The maximum absolute atomic E-state index is 11.4. The van der Waals surface area contributed by atoms with Crippen molar-refractivity contribution in [2.45, 2.75) is 88.3 Å². The summed E-state index contributed by atoms with van der Waals surface area (Å²) < 4.78 is 11.4. The molecule has 7 unspecified atom stereocenters. The normalized spacial score (nSPS) is 37.9. The van der Waals surface area contributed by atoms with Crippen LogP contribution in [0.5, 0.6) is 0 Å². The van der Waals surface area contributed by atoms with E-state index in [9.17, 15) is 15.0 Å². The first kappa shape index (κ1) is 23.1. The van der Waals surface area contributed by atoms with E-state index in [0.29, 0.717) is 19.6 Å². The molecule has 3 rings (SSSR count). The zero-order valence-electron chi connectivity index (χ0n) is 17.9. The highest BCUT2D eigenvalue weighted by Crippen LogP contribution is 2.31. The number of piperidine rings is 2. The molecule has 3 N–H and O–H groups in total. The molecule has 0 aromatic rings. The summed E-state index contributed by atoms with van der Waals surface area (Å²) >= 11 is 0. The Morgan fingerprint density at radius 3 is 2.83 bits per heavy atom. The summed E-state index contributed by atoms with van der Waals surface area (Å²) in [5, 5.41) is 25.0. The summed E-state index contributed by atoms with van der Waals surface area (Å²) in [5.74, 6) is -0.231. The Hall–Kier alpha value is -0.570. The van der Waals surface area contributed by atoms with Crippen molar-refractivity contribution in [3.05, 3.63) is 0 Å². The van der Waals surface area contributed by atoms with E-state index in [1.807, 2.05) is 0 Å². The van der Waals surface area contributed by atoms with Gasteiger partial charge in [-0.25, -0.2) is 0 Å². The first-order valence-electron chi connectivity index (χ1n) is 11.6. The van der Waals surface area contributed by atoms with Crippen molar-refractivity contribution >= 4 is 6.29 Å². The lowest BCUT2D eigenvalue weighted by atomic mass is 9.84. The Balaban J connectivity index is 1.60. The molecule has 29 heavy (non-hydrogen) atoms. The van der Waals surface area contributed by atoms with E-state index in [0.717, 1.165) is 70.7 Å². The Morgan fingerprint density at radius 1 is 1.17 bits per heavy atom. The molecular formula is C22H40N2O5. The van der Waals surface area contributed by atoms with Crippen molar-refractivity contribution in [2.75, 3.05) is 33.4 Å². The number of likely N-dealkylation sites (tertiary alicyclic amines) is 1. The van der Waals surface area contributed by atoms with Crippen LogP contribution in [0.4, 0.5) is 0 Å². The summed E-state index contributed by atoms with van der Waals surface area (Å²) in [4.78, 5) is 13.7. The molecule has 0 spiro atoms. The molecule has 2 heterocycles. The number of carbonyl (C=O) groups is 1. The van der Waals surface area contributed by atoms with Crippen molar-refractivity contribution in [3.63, 3.8) is 0 Å². The summed E-state index contributed by atoms with van der Waals surface area (Å²) in [7, 11) is 1.72. The lowest BCUT2D eigenvalue weighted by Crippen LogP contribution is -2.57. The topological polar surface area (TPSA) is 91.3 Å². The molecule has 1 aliphatic carbocycles. The van der Waals surface area contributed by atoms with Gasteiger partial charge in [-0.2, -0.15) is 0 Å². The standard InChI is InChI=1S/C22H40N2O5/c1-28-13-10-19-17(7-5-11-23-19)22(27)24-12-3-2-6-16(24)15-29-21-9-4-8-20(26)18(21)14-25/h14,16-23,26-27H,2-13,15H2,1H3. The van der Waals surface area contributed by atoms with Crippen molar-refractivity contribution in [1.82, 2.24) is 10.2 Å². The molecule has 7 heteroatoms. The predicted octanol–water partition coefficient (Wildman–Crippen LogP) is 1.31. The summed E-state index contributed by atoms with van der Waals surface area (Å²) in [6, 6.07) is 0.435. The minimum absolute atomic E-state index is 0.162. The van der Waals surface area contributed by atoms with Gasteiger partial charge >= 0.3 is 0 Å². The van der Waals surface area contributed by atoms with Crippen molar-refractivity contribution in [3.8, 4) is 0 Å². The third-order valence-corrected chi connectivity index (χ3v) is 7.19. The van der Waals surface area contributed by atoms with Gasteiger partial charge in [0.2, 0.25) is 0 Å². The Labute approximate surface area is 175 Å². The van der Waals surface area contributed by atoms with E-state index in [-0.39, 0.29) is 24.1 Å². The second-order valence-electron chi connectivity index (χ2n) is 9.03. The largest absolute Gasteiger partial charge is 0.392 e. The first-order chi connectivity index (χ1) is 14.2. The van der Waals surface area contributed by atoms with Gasteiger partial charge in [0.1, 0.15) is 12.5 Å². The van der Waals surface area contributed by atoms with E-state index >= 15 is 0 Å². The van der Waals surface area contributed by atoms with Crippen LogP contribution in [0.2, 0.25) is 0 Å². The van der Waals surface area contributed by atoms with Gasteiger partial charge in [0, 0.05) is 38.3 Å². The van der Waals surface area contributed by atoms with Crippen molar-refractivity contribution in [1.29, 1.82) is 0 Å². The lowest BCUT2D eigenvalue weighted by molar-refractivity contribution is -0.138. The molecule has 3 fully saturated rings. The van der Waals surface area contributed by atoms with Gasteiger partial charge in [-0.3, -0.25) is 4.90 Å². The molecule has 0 radical (unpaired) electrons. The third kappa shape index (κ3) is 5.99. The first-order valence-corrected chi connectivity index (χ1v) is 11.6. The number of methoxy groups -OCH3 is 1. The highest BCUT2D eigenvalue weighted by molar-refractivity contribution is 5.55. The zero-order chi connectivity index (χ0) is 20.6. The number of rotatable bonds is 9. The van der Waals surface area contributed by atoms with Crippen LogP contribution in [0.25, 0.3) is 0 Å². The SMILES string of the molecule is COCCC1NCCCC1C(O)N1CCCCC1COC1CCCC(O)C1C=O. The minimum Gasteiger partial charge on any atom is -0.392 e. The van der Waals surface area contributed by atoms with Gasteiger partial charge in [-0.1, -0.05) is 6.42 Å². The number of hydrogen-bond donors (Lipinski definition) is 3. The van der Waals surface area contributed by atoms with E-state index < -0.39 is 18.2 Å². The fourth-order valence-corrected chi connectivity index (χ4v) is 5.46. The summed E-state index contributed by atoms with van der Waals surface area (Å²) in [6.45, 7) is 3.10. The predicted molar refractivity (Wildman–Crippen MR) is 111 cm³/mol. The number of carbonyl (C=O) groups excluding carboxylic acids is 1. The van der Waals surface area contributed by atoms with Crippen LogP contribution >= 0.6 is 0 Å². The fraction of sp³-hybridized carbons (Fsp3) is 0.955. The number of aldehydes is 1. The van der Waals surface area contributed by atoms with Crippen LogP contribution in [0, 0.1) is 11.8 Å². The minimum atomic E-state index is -0.589. The van der Waals surface area contributed by atoms with Crippen molar-refractivity contribution < 1.29 is 24.5 Å². The van der Waals surface area contributed by atoms with Crippen LogP contribution in [-0.2, 0) is 14.3 Å². The number of ether oxygens (including phenoxy) is 2. The van der Waals surface area contributed by atoms with Crippen LogP contribution in [0.1, 0.15) is 57.8 Å². The summed E-state index contributed by atoms with van der Waals surface area (Å²) in [6.07, 6.45) is 8.21. The molecular weight excluding hydrogens is 372 g/mol. The van der Waals surface area contributed by atoms with Gasteiger partial charge in [-0.15, -0.1) is 0 Å². The maximum Gasteiger partial charge on any atom is 0.128 e. The number of nitrogens with one attached hydrogen (secondary N) is 1. The monoisotopic (exact) mass is 412 g/mol. The molecule has 7 atom stereocenters. The molecule has 3 aliphatic rings. The molecule has 0 aromatic carbocycles. The van der Waals surface area contributed by atoms with Crippen molar-refractivity contribution in [2.24, 2.45) is 11.8 Å². The van der Waals surface area contributed by atoms with Gasteiger partial charge < -0.3 is 29.8 Å².